The van der Waals surface area contributed by atoms with E-state index in [2.05, 4.69) is 13.8 Å². The highest BCUT2D eigenvalue weighted by Crippen LogP contribution is 2.23. The van der Waals surface area contributed by atoms with Crippen molar-refractivity contribution in [3.05, 3.63) is 23.8 Å². The molecule has 0 fully saturated rings. The second-order valence-electron chi connectivity index (χ2n) is 4.35. The van der Waals surface area contributed by atoms with Crippen molar-refractivity contribution >= 4 is 0 Å². The zero-order valence-electron chi connectivity index (χ0n) is 10.7. The van der Waals surface area contributed by atoms with E-state index in [4.69, 9.17) is 9.47 Å². The predicted octanol–water partition coefficient (Wildman–Crippen LogP) is 3.96. The quantitative estimate of drug-likeness (QED) is 0.678. The Labute approximate surface area is 98.6 Å². The molecule has 16 heavy (non-hydrogen) atoms. The molecular formula is C14H22O2. The summed E-state index contributed by atoms with van der Waals surface area (Å²) in [6.45, 7) is 9.05. The fraction of sp³-hybridized carbons (Fsp3) is 0.571. The van der Waals surface area contributed by atoms with Gasteiger partial charge in [-0.1, -0.05) is 13.3 Å². The zero-order valence-corrected chi connectivity index (χ0v) is 10.7. The maximum Gasteiger partial charge on any atom is 0.123 e. The molecule has 0 saturated carbocycles. The normalized spacial score (nSPS) is 10.6. The van der Waals surface area contributed by atoms with Crippen LogP contribution in [0.4, 0.5) is 0 Å². The molecule has 0 N–H and O–H groups in total. The van der Waals surface area contributed by atoms with Crippen molar-refractivity contribution in [3.63, 3.8) is 0 Å². The van der Waals surface area contributed by atoms with E-state index < -0.39 is 0 Å². The van der Waals surface area contributed by atoms with Crippen LogP contribution in [0.2, 0.25) is 0 Å². The van der Waals surface area contributed by atoms with Gasteiger partial charge in [-0.15, -0.1) is 0 Å². The molecule has 0 spiro atoms. The fourth-order valence-electron chi connectivity index (χ4n) is 1.47. The van der Waals surface area contributed by atoms with E-state index in [1.54, 1.807) is 0 Å². The van der Waals surface area contributed by atoms with Gasteiger partial charge in [0.1, 0.15) is 11.5 Å². The molecule has 0 aliphatic rings. The number of aryl methyl sites for hydroxylation is 1. The van der Waals surface area contributed by atoms with Gasteiger partial charge < -0.3 is 9.47 Å². The Kier molecular flexibility index (Phi) is 5.17. The maximum absolute atomic E-state index is 5.67. The lowest BCUT2D eigenvalue weighted by Crippen LogP contribution is -2.06. The number of rotatable bonds is 6. The van der Waals surface area contributed by atoms with E-state index in [9.17, 15) is 0 Å². The predicted molar refractivity (Wildman–Crippen MR) is 67.3 cm³/mol. The summed E-state index contributed by atoms with van der Waals surface area (Å²) in [4.78, 5) is 0. The Bertz CT molecular complexity index is 319. The van der Waals surface area contributed by atoms with Crippen molar-refractivity contribution in [2.45, 2.75) is 46.6 Å². The highest BCUT2D eigenvalue weighted by Gasteiger charge is 2.02. The van der Waals surface area contributed by atoms with Crippen molar-refractivity contribution in [1.29, 1.82) is 0 Å². The smallest absolute Gasteiger partial charge is 0.123 e. The van der Waals surface area contributed by atoms with Crippen LogP contribution < -0.4 is 9.47 Å². The molecule has 0 aliphatic heterocycles. The lowest BCUT2D eigenvalue weighted by atomic mass is 10.2. The van der Waals surface area contributed by atoms with Crippen LogP contribution in [-0.2, 0) is 0 Å². The molecule has 0 unspecified atom stereocenters. The average molecular weight is 222 g/mol. The molecule has 1 aromatic carbocycles. The van der Waals surface area contributed by atoms with E-state index in [-0.39, 0.29) is 6.10 Å². The molecule has 2 nitrogen and oxygen atoms in total. The SMILES string of the molecule is CCCCOc1cc(C)cc(OC(C)C)c1. The third-order valence-electron chi connectivity index (χ3n) is 2.16. The lowest BCUT2D eigenvalue weighted by molar-refractivity contribution is 0.239. The summed E-state index contributed by atoms with van der Waals surface area (Å²) in [5.41, 5.74) is 1.17. The van der Waals surface area contributed by atoms with Gasteiger partial charge in [-0.25, -0.2) is 0 Å². The maximum atomic E-state index is 5.67. The van der Waals surface area contributed by atoms with Crippen LogP contribution >= 0.6 is 0 Å². The first-order valence-corrected chi connectivity index (χ1v) is 6.03. The molecule has 0 aromatic heterocycles. The molecule has 0 aliphatic carbocycles. The number of hydrogen-bond acceptors (Lipinski definition) is 2. The molecule has 90 valence electrons. The monoisotopic (exact) mass is 222 g/mol. The van der Waals surface area contributed by atoms with Gasteiger partial charge in [0.15, 0.2) is 0 Å². The van der Waals surface area contributed by atoms with Crippen molar-refractivity contribution in [2.75, 3.05) is 6.61 Å². The van der Waals surface area contributed by atoms with Gasteiger partial charge >= 0.3 is 0 Å². The highest BCUT2D eigenvalue weighted by atomic mass is 16.5. The average Bonchev–Trinajstić information content (AvgIpc) is 2.16. The van der Waals surface area contributed by atoms with Gasteiger partial charge in [-0.3, -0.25) is 0 Å². The number of benzene rings is 1. The summed E-state index contributed by atoms with van der Waals surface area (Å²) >= 11 is 0. The summed E-state index contributed by atoms with van der Waals surface area (Å²) in [7, 11) is 0. The molecule has 1 rings (SSSR count). The Morgan fingerprint density at radius 2 is 1.81 bits per heavy atom. The second-order valence-corrected chi connectivity index (χ2v) is 4.35. The minimum atomic E-state index is 0.199. The second kappa shape index (κ2) is 6.41. The largest absolute Gasteiger partial charge is 0.493 e. The number of hydrogen-bond donors (Lipinski definition) is 0. The van der Waals surface area contributed by atoms with Gasteiger partial charge in [0, 0.05) is 6.07 Å². The first kappa shape index (κ1) is 12.9. The molecule has 2 heteroatoms. The molecule has 0 atom stereocenters. The van der Waals surface area contributed by atoms with Crippen molar-refractivity contribution in [2.24, 2.45) is 0 Å². The standard InChI is InChI=1S/C14H22O2/c1-5-6-7-15-13-8-12(4)9-14(10-13)16-11(2)3/h8-11H,5-7H2,1-4H3. The van der Waals surface area contributed by atoms with Crippen molar-refractivity contribution in [3.8, 4) is 11.5 Å². The van der Waals surface area contributed by atoms with Crippen LogP contribution in [0.25, 0.3) is 0 Å². The van der Waals surface area contributed by atoms with E-state index >= 15 is 0 Å². The van der Waals surface area contributed by atoms with Crippen molar-refractivity contribution in [1.82, 2.24) is 0 Å². The highest BCUT2D eigenvalue weighted by molar-refractivity contribution is 5.37. The van der Waals surface area contributed by atoms with Crippen LogP contribution in [0, 0.1) is 6.92 Å². The molecule has 0 amide bonds. The minimum Gasteiger partial charge on any atom is -0.493 e. The summed E-state index contributed by atoms with van der Waals surface area (Å²) in [5.74, 6) is 1.80. The lowest BCUT2D eigenvalue weighted by Gasteiger charge is -2.13. The fourth-order valence-corrected chi connectivity index (χ4v) is 1.47. The molecule has 0 bridgehead atoms. The van der Waals surface area contributed by atoms with Gasteiger partial charge in [0.05, 0.1) is 12.7 Å². The molecule has 0 heterocycles. The molecule has 1 aromatic rings. The van der Waals surface area contributed by atoms with Gasteiger partial charge in [0.25, 0.3) is 0 Å². The first-order chi connectivity index (χ1) is 7.61. The zero-order chi connectivity index (χ0) is 12.0. The third-order valence-corrected chi connectivity index (χ3v) is 2.16. The van der Waals surface area contributed by atoms with Gasteiger partial charge in [0.2, 0.25) is 0 Å². The van der Waals surface area contributed by atoms with Crippen LogP contribution in [0.1, 0.15) is 39.2 Å². The van der Waals surface area contributed by atoms with Gasteiger partial charge in [-0.05, 0) is 44.9 Å². The summed E-state index contributed by atoms with van der Waals surface area (Å²) in [6.07, 6.45) is 2.44. The van der Waals surface area contributed by atoms with E-state index in [0.717, 1.165) is 30.9 Å². The summed E-state index contributed by atoms with van der Waals surface area (Å²) in [6, 6.07) is 6.04. The molecule has 0 saturated heterocycles. The first-order valence-electron chi connectivity index (χ1n) is 6.03. The van der Waals surface area contributed by atoms with Crippen LogP contribution in [0.3, 0.4) is 0 Å². The Balaban J connectivity index is 2.65. The van der Waals surface area contributed by atoms with E-state index in [0.29, 0.717) is 0 Å². The third kappa shape index (κ3) is 4.56. The Morgan fingerprint density at radius 3 is 2.44 bits per heavy atom. The topological polar surface area (TPSA) is 18.5 Å². The van der Waals surface area contributed by atoms with Crippen LogP contribution in [-0.4, -0.2) is 12.7 Å². The van der Waals surface area contributed by atoms with Crippen LogP contribution in [0.15, 0.2) is 18.2 Å². The summed E-state index contributed by atoms with van der Waals surface area (Å²) < 4.78 is 11.3. The molecule has 0 radical (unpaired) electrons. The Morgan fingerprint density at radius 1 is 1.12 bits per heavy atom. The summed E-state index contributed by atoms with van der Waals surface area (Å²) in [5, 5.41) is 0. The van der Waals surface area contributed by atoms with Gasteiger partial charge in [-0.2, -0.15) is 0 Å². The van der Waals surface area contributed by atoms with E-state index in [1.165, 1.54) is 5.56 Å². The molecular weight excluding hydrogens is 200 g/mol. The number of unbranched alkanes of at least 4 members (excludes halogenated alkanes) is 1. The Hall–Kier alpha value is -1.18. The van der Waals surface area contributed by atoms with Crippen molar-refractivity contribution < 1.29 is 9.47 Å². The van der Waals surface area contributed by atoms with E-state index in [1.807, 2.05) is 32.0 Å². The van der Waals surface area contributed by atoms with Crippen LogP contribution in [0.5, 0.6) is 11.5 Å². The minimum absolute atomic E-state index is 0.199. The number of ether oxygens (including phenoxy) is 2.